The molecule has 0 aliphatic heterocycles. The van der Waals surface area contributed by atoms with E-state index < -0.39 is 0 Å². The van der Waals surface area contributed by atoms with Crippen LogP contribution in [0.2, 0.25) is 0 Å². The molecule has 0 unspecified atom stereocenters. The highest BCUT2D eigenvalue weighted by Crippen LogP contribution is 2.36. The van der Waals surface area contributed by atoms with E-state index in [2.05, 4.69) is 52.2 Å². The van der Waals surface area contributed by atoms with E-state index in [1.54, 1.807) is 0 Å². The molecule has 156 valence electrons. The average Bonchev–Trinajstić information content (AvgIpc) is 2.65. The normalized spacial score (nSPS) is 21.9. The highest BCUT2D eigenvalue weighted by atomic mass is 35.5. The van der Waals surface area contributed by atoms with E-state index in [1.807, 2.05) is 13.0 Å². The number of aromatic nitrogens is 2. The average molecular weight is 417 g/mol. The molecular weight excluding hydrogens is 388 g/mol. The maximum Gasteiger partial charge on any atom is 0.224 e. The summed E-state index contributed by atoms with van der Waals surface area (Å²) in [5.41, 5.74) is 1.32. The van der Waals surface area contributed by atoms with Gasteiger partial charge in [0.2, 0.25) is 5.95 Å². The van der Waals surface area contributed by atoms with Crippen molar-refractivity contribution in [3.8, 4) is 6.07 Å². The number of anilines is 2. The summed E-state index contributed by atoms with van der Waals surface area (Å²) in [6.45, 7) is 10.1. The van der Waals surface area contributed by atoms with Gasteiger partial charge in [0, 0.05) is 18.8 Å². The van der Waals surface area contributed by atoms with Crippen LogP contribution in [0.3, 0.4) is 0 Å². The Morgan fingerprint density at radius 2 is 2.28 bits per heavy atom. The van der Waals surface area contributed by atoms with Crippen molar-refractivity contribution in [3.05, 3.63) is 34.6 Å². The first-order chi connectivity index (χ1) is 13.7. The number of aliphatic hydroxyl groups excluding tert-OH is 1. The molecule has 2 rings (SSSR count). The maximum atomic E-state index is 10.2. The number of aliphatic imine (C=N–C) groups is 1. The summed E-state index contributed by atoms with van der Waals surface area (Å²) in [6, 6.07) is 2.29. The van der Waals surface area contributed by atoms with Gasteiger partial charge in [-0.25, -0.2) is 4.98 Å². The molecule has 1 aliphatic rings. The van der Waals surface area contributed by atoms with Crippen molar-refractivity contribution >= 4 is 30.1 Å². The second-order valence-electron chi connectivity index (χ2n) is 8.06. The molecule has 29 heavy (non-hydrogen) atoms. The second kappa shape index (κ2) is 10.4. The van der Waals surface area contributed by atoms with Gasteiger partial charge in [0.15, 0.2) is 0 Å². The molecule has 1 aliphatic carbocycles. The van der Waals surface area contributed by atoms with E-state index in [4.69, 9.17) is 11.6 Å². The highest BCUT2D eigenvalue weighted by Gasteiger charge is 2.35. The smallest absolute Gasteiger partial charge is 0.224 e. The highest BCUT2D eigenvalue weighted by molar-refractivity contribution is 6.31. The molecule has 0 aromatic carbocycles. The van der Waals surface area contributed by atoms with Crippen LogP contribution in [0.5, 0.6) is 0 Å². The van der Waals surface area contributed by atoms with Crippen LogP contribution in [-0.4, -0.2) is 40.5 Å². The standard InChI is InChI=1S/C21H29ClN6O/c1-14(9-16(22)13-24-4)7-8-25-20-26-12-15(11-23)19(28-20)27-17-5-6-18(29)21(2,3)10-17/h9,12-13,17-18,29H,4-8,10H2,1-3H3,(H2,25,26,27,28)/b14-9+,16-13+/t17-,18+/m1/s1. The zero-order valence-corrected chi connectivity index (χ0v) is 18.0. The number of nitriles is 1. The molecule has 7 nitrogen and oxygen atoms in total. The van der Waals surface area contributed by atoms with Crippen LogP contribution in [0, 0.1) is 16.7 Å². The van der Waals surface area contributed by atoms with E-state index in [0.717, 1.165) is 31.3 Å². The van der Waals surface area contributed by atoms with Crippen LogP contribution in [0.15, 0.2) is 34.1 Å². The van der Waals surface area contributed by atoms with Gasteiger partial charge in [0.25, 0.3) is 0 Å². The largest absolute Gasteiger partial charge is 0.393 e. The maximum absolute atomic E-state index is 10.2. The second-order valence-corrected chi connectivity index (χ2v) is 8.50. The van der Waals surface area contributed by atoms with Gasteiger partial charge in [0.1, 0.15) is 17.5 Å². The van der Waals surface area contributed by atoms with E-state index in [-0.39, 0.29) is 17.6 Å². The SMILES string of the molecule is C=N/C=C(Cl)\C=C(/C)CCNc1ncc(C#N)c(N[C@@H]2CC[C@H](O)C(C)(C)C2)n1. The van der Waals surface area contributed by atoms with Crippen molar-refractivity contribution in [2.45, 2.75) is 58.6 Å². The molecule has 1 fully saturated rings. The van der Waals surface area contributed by atoms with E-state index in [0.29, 0.717) is 28.9 Å². The Labute approximate surface area is 177 Å². The van der Waals surface area contributed by atoms with Gasteiger partial charge >= 0.3 is 0 Å². The summed E-state index contributed by atoms with van der Waals surface area (Å²) >= 11 is 6.00. The molecule has 1 aromatic rings. The fraction of sp³-hybridized carbons (Fsp3) is 0.524. The van der Waals surface area contributed by atoms with E-state index in [1.165, 1.54) is 12.4 Å². The molecule has 0 saturated heterocycles. The summed E-state index contributed by atoms with van der Waals surface area (Å²) in [7, 11) is 0. The Hall–Kier alpha value is -2.43. The fourth-order valence-corrected chi connectivity index (χ4v) is 3.66. The lowest BCUT2D eigenvalue weighted by Gasteiger charge is -2.40. The Morgan fingerprint density at radius 1 is 1.52 bits per heavy atom. The van der Waals surface area contributed by atoms with Crippen LogP contribution in [-0.2, 0) is 0 Å². The van der Waals surface area contributed by atoms with Gasteiger partial charge in [-0.1, -0.05) is 31.0 Å². The molecule has 0 amide bonds. The van der Waals surface area contributed by atoms with Crippen LogP contribution in [0.1, 0.15) is 52.0 Å². The van der Waals surface area contributed by atoms with Gasteiger partial charge in [-0.15, -0.1) is 0 Å². The minimum Gasteiger partial charge on any atom is -0.393 e. The zero-order valence-electron chi connectivity index (χ0n) is 17.2. The van der Waals surface area contributed by atoms with Crippen molar-refractivity contribution < 1.29 is 5.11 Å². The van der Waals surface area contributed by atoms with Gasteiger partial charge in [0.05, 0.1) is 17.3 Å². The molecule has 0 radical (unpaired) electrons. The zero-order chi connectivity index (χ0) is 21.4. The number of nitrogens with one attached hydrogen (secondary N) is 2. The molecule has 2 atom stereocenters. The Kier molecular flexibility index (Phi) is 8.18. The summed E-state index contributed by atoms with van der Waals surface area (Å²) in [5, 5.41) is 26.6. The molecule has 0 spiro atoms. The summed E-state index contributed by atoms with van der Waals surface area (Å²) in [6.07, 6.45) is 7.67. The lowest BCUT2D eigenvalue weighted by Crippen LogP contribution is -2.41. The third kappa shape index (κ3) is 6.84. The van der Waals surface area contributed by atoms with Crippen molar-refractivity contribution in [2.24, 2.45) is 10.4 Å². The summed E-state index contributed by atoms with van der Waals surface area (Å²) in [5.74, 6) is 0.987. The van der Waals surface area contributed by atoms with Crippen LogP contribution < -0.4 is 10.6 Å². The molecular formula is C21H29ClN6O. The molecule has 1 heterocycles. The minimum atomic E-state index is -0.305. The lowest BCUT2D eigenvalue weighted by atomic mass is 9.73. The molecule has 1 saturated carbocycles. The monoisotopic (exact) mass is 416 g/mol. The fourth-order valence-electron chi connectivity index (χ4n) is 3.40. The van der Waals surface area contributed by atoms with Gasteiger partial charge in [-0.2, -0.15) is 10.2 Å². The number of hydrogen-bond donors (Lipinski definition) is 3. The topological polar surface area (TPSA) is 106 Å². The number of halogens is 1. The van der Waals surface area contributed by atoms with E-state index in [9.17, 15) is 10.4 Å². The quantitative estimate of drug-likeness (QED) is 0.432. The first-order valence-electron chi connectivity index (χ1n) is 9.69. The van der Waals surface area contributed by atoms with Crippen molar-refractivity contribution in [1.29, 1.82) is 5.26 Å². The molecule has 3 N–H and O–H groups in total. The number of hydrogen-bond acceptors (Lipinski definition) is 7. The number of allylic oxidation sites excluding steroid dienone is 2. The predicted octanol–water partition coefficient (Wildman–Crippen LogP) is 4.23. The van der Waals surface area contributed by atoms with Crippen LogP contribution in [0.25, 0.3) is 0 Å². The first-order valence-corrected chi connectivity index (χ1v) is 10.1. The molecule has 0 bridgehead atoms. The lowest BCUT2D eigenvalue weighted by molar-refractivity contribution is 0.00926. The number of rotatable bonds is 8. The van der Waals surface area contributed by atoms with Crippen LogP contribution in [0.4, 0.5) is 11.8 Å². The van der Waals surface area contributed by atoms with Gasteiger partial charge < -0.3 is 15.7 Å². The number of nitrogens with zero attached hydrogens (tertiary/aromatic N) is 4. The molecule has 1 aromatic heterocycles. The van der Waals surface area contributed by atoms with E-state index >= 15 is 0 Å². The van der Waals surface area contributed by atoms with Crippen molar-refractivity contribution in [3.63, 3.8) is 0 Å². The Bertz CT molecular complexity index is 827. The van der Waals surface area contributed by atoms with Gasteiger partial charge in [-0.05, 0) is 50.8 Å². The minimum absolute atomic E-state index is 0.154. The van der Waals surface area contributed by atoms with Crippen molar-refractivity contribution in [2.75, 3.05) is 17.2 Å². The third-order valence-corrected chi connectivity index (χ3v) is 5.32. The Morgan fingerprint density at radius 3 is 2.93 bits per heavy atom. The van der Waals surface area contributed by atoms with Crippen LogP contribution >= 0.6 is 11.6 Å². The first kappa shape index (κ1) is 22.9. The van der Waals surface area contributed by atoms with Gasteiger partial charge in [-0.3, -0.25) is 4.99 Å². The third-order valence-electron chi connectivity index (χ3n) is 5.11. The predicted molar refractivity (Wildman–Crippen MR) is 118 cm³/mol. The summed E-state index contributed by atoms with van der Waals surface area (Å²) < 4.78 is 0. The number of aliphatic hydroxyl groups is 1. The Balaban J connectivity index is 2.01. The summed E-state index contributed by atoms with van der Waals surface area (Å²) in [4.78, 5) is 12.4. The molecule has 8 heteroatoms. The van der Waals surface area contributed by atoms with Crippen molar-refractivity contribution in [1.82, 2.24) is 9.97 Å².